The number of hydrogen-bond donors (Lipinski definition) is 0. The van der Waals surface area contributed by atoms with Crippen LogP contribution in [0.2, 0.25) is 0 Å². The first-order chi connectivity index (χ1) is 9.75. The highest BCUT2D eigenvalue weighted by atomic mass is 19.1. The smallest absolute Gasteiger partial charge is 0.254 e. The summed E-state index contributed by atoms with van der Waals surface area (Å²) < 4.78 is 13.8. The van der Waals surface area contributed by atoms with Crippen LogP contribution in [0, 0.1) is 5.82 Å². The van der Waals surface area contributed by atoms with Gasteiger partial charge < -0.3 is 4.90 Å². The van der Waals surface area contributed by atoms with E-state index in [9.17, 15) is 9.18 Å². The van der Waals surface area contributed by atoms with Crippen LogP contribution in [0.15, 0.2) is 48.8 Å². The Labute approximate surface area is 117 Å². The molecule has 1 aliphatic carbocycles. The normalized spacial score (nSPS) is 14.1. The lowest BCUT2D eigenvalue weighted by Gasteiger charge is -2.22. The molecule has 1 amide bonds. The van der Waals surface area contributed by atoms with Crippen LogP contribution in [0.4, 0.5) is 4.39 Å². The van der Waals surface area contributed by atoms with E-state index in [4.69, 9.17) is 0 Å². The standard InChI is InChI=1S/C16H15FN2O/c17-15-4-2-1-3-13(15)11-19(14-5-6-14)16(20)12-7-9-18-10-8-12/h1-4,7-10,14H,5-6,11H2. The van der Waals surface area contributed by atoms with Gasteiger partial charge in [-0.3, -0.25) is 9.78 Å². The average molecular weight is 270 g/mol. The van der Waals surface area contributed by atoms with Crippen LogP contribution in [0.3, 0.4) is 0 Å². The van der Waals surface area contributed by atoms with Crippen LogP contribution in [0.1, 0.15) is 28.8 Å². The molecule has 0 spiro atoms. The molecule has 0 bridgehead atoms. The molecular formula is C16H15FN2O. The zero-order valence-corrected chi connectivity index (χ0v) is 11.0. The van der Waals surface area contributed by atoms with Crippen molar-refractivity contribution in [1.29, 1.82) is 0 Å². The lowest BCUT2D eigenvalue weighted by molar-refractivity contribution is 0.0728. The summed E-state index contributed by atoms with van der Waals surface area (Å²) in [6, 6.07) is 10.2. The van der Waals surface area contributed by atoms with Gasteiger partial charge in [-0.25, -0.2) is 4.39 Å². The Morgan fingerprint density at radius 1 is 1.20 bits per heavy atom. The second-order valence-corrected chi connectivity index (χ2v) is 4.99. The zero-order chi connectivity index (χ0) is 13.9. The summed E-state index contributed by atoms with van der Waals surface area (Å²) in [7, 11) is 0. The van der Waals surface area contributed by atoms with Gasteiger partial charge in [0.25, 0.3) is 5.91 Å². The fourth-order valence-corrected chi connectivity index (χ4v) is 2.22. The van der Waals surface area contributed by atoms with Gasteiger partial charge in [-0.2, -0.15) is 0 Å². The van der Waals surface area contributed by atoms with Crippen molar-refractivity contribution in [2.24, 2.45) is 0 Å². The van der Waals surface area contributed by atoms with Crippen molar-refractivity contribution in [3.63, 3.8) is 0 Å². The number of aromatic nitrogens is 1. The molecule has 0 N–H and O–H groups in total. The molecule has 1 fully saturated rings. The summed E-state index contributed by atoms with van der Waals surface area (Å²) >= 11 is 0. The number of benzene rings is 1. The third-order valence-corrected chi connectivity index (χ3v) is 3.47. The molecule has 2 aromatic rings. The minimum Gasteiger partial charge on any atom is -0.331 e. The first-order valence-electron chi connectivity index (χ1n) is 6.70. The lowest BCUT2D eigenvalue weighted by Crippen LogP contribution is -2.32. The molecule has 20 heavy (non-hydrogen) atoms. The molecule has 1 saturated carbocycles. The summed E-state index contributed by atoms with van der Waals surface area (Å²) in [6.07, 6.45) is 5.18. The third kappa shape index (κ3) is 2.69. The van der Waals surface area contributed by atoms with Gasteiger partial charge in [-0.1, -0.05) is 18.2 Å². The Balaban J connectivity index is 1.83. The first kappa shape index (κ1) is 12.8. The maximum Gasteiger partial charge on any atom is 0.254 e. The largest absolute Gasteiger partial charge is 0.331 e. The quantitative estimate of drug-likeness (QED) is 0.855. The predicted octanol–water partition coefficient (Wildman–Crippen LogP) is 3.03. The number of halogens is 1. The Hall–Kier alpha value is -2.23. The lowest BCUT2D eigenvalue weighted by atomic mass is 10.1. The van der Waals surface area contributed by atoms with Crippen LogP contribution in [0.5, 0.6) is 0 Å². The molecule has 1 heterocycles. The van der Waals surface area contributed by atoms with Gasteiger partial charge in [0.15, 0.2) is 0 Å². The van der Waals surface area contributed by atoms with Gasteiger partial charge in [0.1, 0.15) is 5.82 Å². The van der Waals surface area contributed by atoms with Crippen molar-refractivity contribution in [3.8, 4) is 0 Å². The van der Waals surface area contributed by atoms with Crippen molar-refractivity contribution in [2.75, 3.05) is 0 Å². The fourth-order valence-electron chi connectivity index (χ4n) is 2.22. The van der Waals surface area contributed by atoms with Crippen molar-refractivity contribution in [1.82, 2.24) is 9.88 Å². The van der Waals surface area contributed by atoms with Gasteiger partial charge in [-0.05, 0) is 31.0 Å². The van der Waals surface area contributed by atoms with E-state index >= 15 is 0 Å². The summed E-state index contributed by atoms with van der Waals surface area (Å²) in [5.74, 6) is -0.321. The number of carbonyl (C=O) groups excluding carboxylic acids is 1. The summed E-state index contributed by atoms with van der Waals surface area (Å²) in [5, 5.41) is 0. The average Bonchev–Trinajstić information content (AvgIpc) is 3.31. The van der Waals surface area contributed by atoms with Gasteiger partial charge >= 0.3 is 0 Å². The van der Waals surface area contributed by atoms with E-state index in [2.05, 4.69) is 4.98 Å². The molecule has 3 rings (SSSR count). The second kappa shape index (κ2) is 5.41. The van der Waals surface area contributed by atoms with E-state index in [1.165, 1.54) is 6.07 Å². The Morgan fingerprint density at radius 2 is 1.90 bits per heavy atom. The zero-order valence-electron chi connectivity index (χ0n) is 11.0. The number of pyridine rings is 1. The molecule has 0 radical (unpaired) electrons. The van der Waals surface area contributed by atoms with Gasteiger partial charge in [0, 0.05) is 36.1 Å². The van der Waals surface area contributed by atoms with Crippen LogP contribution in [-0.2, 0) is 6.54 Å². The molecule has 1 aliphatic rings. The minimum absolute atomic E-state index is 0.0573. The second-order valence-electron chi connectivity index (χ2n) is 4.99. The van der Waals surface area contributed by atoms with Gasteiger partial charge in [0.05, 0.1) is 0 Å². The molecule has 1 aromatic heterocycles. The summed E-state index contributed by atoms with van der Waals surface area (Å²) in [4.78, 5) is 18.2. The van der Waals surface area contributed by atoms with E-state index in [0.29, 0.717) is 17.7 Å². The van der Waals surface area contributed by atoms with Crippen molar-refractivity contribution in [2.45, 2.75) is 25.4 Å². The first-order valence-corrected chi connectivity index (χ1v) is 6.70. The fraction of sp³-hybridized carbons (Fsp3) is 0.250. The molecule has 0 aliphatic heterocycles. The summed E-state index contributed by atoms with van der Waals surface area (Å²) in [5.41, 5.74) is 1.16. The highest BCUT2D eigenvalue weighted by Crippen LogP contribution is 2.30. The highest BCUT2D eigenvalue weighted by molar-refractivity contribution is 5.94. The predicted molar refractivity (Wildman–Crippen MR) is 73.5 cm³/mol. The van der Waals surface area contributed by atoms with Gasteiger partial charge in [0.2, 0.25) is 0 Å². The molecule has 0 saturated heterocycles. The molecule has 4 heteroatoms. The maximum atomic E-state index is 13.8. The van der Waals surface area contributed by atoms with Gasteiger partial charge in [-0.15, -0.1) is 0 Å². The van der Waals surface area contributed by atoms with Crippen LogP contribution in [0.25, 0.3) is 0 Å². The van der Waals surface area contributed by atoms with E-state index < -0.39 is 0 Å². The van der Waals surface area contributed by atoms with E-state index in [1.807, 2.05) is 0 Å². The monoisotopic (exact) mass is 270 g/mol. The minimum atomic E-state index is -0.263. The van der Waals surface area contributed by atoms with Crippen molar-refractivity contribution in [3.05, 3.63) is 65.7 Å². The number of rotatable bonds is 4. The molecular weight excluding hydrogens is 255 g/mol. The summed E-state index contributed by atoms with van der Waals surface area (Å²) in [6.45, 7) is 0.318. The maximum absolute atomic E-state index is 13.8. The van der Waals surface area contributed by atoms with E-state index in [0.717, 1.165) is 12.8 Å². The van der Waals surface area contributed by atoms with Crippen LogP contribution < -0.4 is 0 Å². The SMILES string of the molecule is O=C(c1ccncc1)N(Cc1ccccc1F)C1CC1. The van der Waals surface area contributed by atoms with Crippen LogP contribution in [-0.4, -0.2) is 21.8 Å². The van der Waals surface area contributed by atoms with Crippen molar-refractivity contribution >= 4 is 5.91 Å². The number of carbonyl (C=O) groups is 1. The van der Waals surface area contributed by atoms with E-state index in [-0.39, 0.29) is 17.8 Å². The number of amides is 1. The van der Waals surface area contributed by atoms with E-state index in [1.54, 1.807) is 47.6 Å². The van der Waals surface area contributed by atoms with Crippen LogP contribution >= 0.6 is 0 Å². The van der Waals surface area contributed by atoms with Crippen molar-refractivity contribution < 1.29 is 9.18 Å². The molecule has 102 valence electrons. The molecule has 0 atom stereocenters. The topological polar surface area (TPSA) is 33.2 Å². The number of nitrogens with zero attached hydrogens (tertiary/aromatic N) is 2. The molecule has 1 aromatic carbocycles. The Bertz CT molecular complexity index is 611. The third-order valence-electron chi connectivity index (χ3n) is 3.47. The highest BCUT2D eigenvalue weighted by Gasteiger charge is 2.33. The Morgan fingerprint density at radius 3 is 2.55 bits per heavy atom. The molecule has 3 nitrogen and oxygen atoms in total. The number of hydrogen-bond acceptors (Lipinski definition) is 2. The molecule has 0 unspecified atom stereocenters. The Kier molecular flexibility index (Phi) is 3.46.